The number of guanidine groups is 1. The molecule has 0 saturated heterocycles. The number of carboxylic acids is 1. The Bertz CT molecular complexity index is 1410. The number of aryl methyl sites for hydroxylation is 1. The Morgan fingerprint density at radius 3 is 2.18 bits per heavy atom. The van der Waals surface area contributed by atoms with Crippen LogP contribution in [0.1, 0.15) is 24.2 Å². The van der Waals surface area contributed by atoms with Gasteiger partial charge in [-0.3, -0.25) is 18.9 Å². The van der Waals surface area contributed by atoms with Gasteiger partial charge in [0.05, 0.1) is 15.8 Å². The Morgan fingerprint density at radius 2 is 1.72 bits per heavy atom. The van der Waals surface area contributed by atoms with Crippen molar-refractivity contribution >= 4 is 56.7 Å². The summed E-state index contributed by atoms with van der Waals surface area (Å²) in [4.78, 5) is 39.1. The number of carbonyl (C=O) groups excluding carboxylic acids is 1. The van der Waals surface area contributed by atoms with E-state index in [2.05, 4.69) is 9.88 Å². The first-order chi connectivity index (χ1) is 17.8. The monoisotopic (exact) mass is 618 g/mol. The third-order valence-corrected chi connectivity index (χ3v) is 6.49. The van der Waals surface area contributed by atoms with Crippen LogP contribution in [0.25, 0.3) is 0 Å². The summed E-state index contributed by atoms with van der Waals surface area (Å²) < 4.78 is 60.2. The van der Waals surface area contributed by atoms with Crippen molar-refractivity contribution in [3.05, 3.63) is 62.0 Å². The minimum absolute atomic E-state index is 0.191. The summed E-state index contributed by atoms with van der Waals surface area (Å²) >= 11 is 11.8. The van der Waals surface area contributed by atoms with Crippen LogP contribution < -0.4 is 27.5 Å². The molecule has 1 aromatic carbocycles. The number of carboxylic acid groups (broad SMARTS) is 1. The van der Waals surface area contributed by atoms with Gasteiger partial charge in [0.25, 0.3) is 5.56 Å². The number of benzene rings is 1. The molecule has 0 spiro atoms. The van der Waals surface area contributed by atoms with Gasteiger partial charge in [-0.2, -0.15) is 13.2 Å². The van der Waals surface area contributed by atoms with Gasteiger partial charge in [0.15, 0.2) is 12.1 Å². The molecular formula is C20H23Cl2F3N6O7S. The van der Waals surface area contributed by atoms with E-state index in [9.17, 15) is 31.2 Å². The minimum atomic E-state index is -5.08. The van der Waals surface area contributed by atoms with E-state index in [1.807, 2.05) is 0 Å². The maximum Gasteiger partial charge on any atom is 0.490 e. The van der Waals surface area contributed by atoms with E-state index in [1.54, 1.807) is 6.92 Å². The molecule has 1 heterocycles. The first kappa shape index (κ1) is 33.3. The van der Waals surface area contributed by atoms with Crippen molar-refractivity contribution in [3.63, 3.8) is 0 Å². The number of nitrogens with zero attached hydrogens (tertiary/aromatic N) is 2. The maximum atomic E-state index is 13.1. The van der Waals surface area contributed by atoms with E-state index >= 15 is 0 Å². The molecule has 0 aliphatic carbocycles. The Balaban J connectivity index is 0.000000956. The fourth-order valence-electron chi connectivity index (χ4n) is 2.89. The van der Waals surface area contributed by atoms with E-state index in [4.69, 9.17) is 55.1 Å². The lowest BCUT2D eigenvalue weighted by molar-refractivity contribution is -0.192. The molecule has 1 amide bonds. The number of alkyl halides is 3. The molecule has 216 valence electrons. The van der Waals surface area contributed by atoms with Gasteiger partial charge in [0, 0.05) is 5.69 Å². The van der Waals surface area contributed by atoms with Crippen molar-refractivity contribution in [2.24, 2.45) is 22.4 Å². The lowest BCUT2D eigenvalue weighted by atomic mass is 10.1. The zero-order valence-electron chi connectivity index (χ0n) is 20.1. The van der Waals surface area contributed by atoms with Gasteiger partial charge in [0.1, 0.15) is 5.69 Å². The van der Waals surface area contributed by atoms with Crippen LogP contribution >= 0.6 is 23.2 Å². The van der Waals surface area contributed by atoms with E-state index in [0.29, 0.717) is 11.3 Å². The maximum absolute atomic E-state index is 13.1. The Labute approximate surface area is 229 Å². The van der Waals surface area contributed by atoms with Crippen LogP contribution in [-0.2, 0) is 30.2 Å². The molecule has 19 heteroatoms. The Hall–Kier alpha value is -3.70. The molecule has 8 N–H and O–H groups in total. The topological polar surface area (TPSA) is 222 Å². The standard InChI is InChI=1S/C18H22Cl2N6O5S.C2HF3O2/c1-9-3-6-14(25-32(29,30)8-11-4-5-12(19)13(20)7-11)17(28)26(9)15(16(21)27)10(2)31-24-18(22)23;3-2(4,5)1(6)7/h3-7,10,15,25H,8H2,1-2H3,(H2,21,27)(H4,22,23,24);(H,6,7). The molecule has 2 unspecified atom stereocenters. The number of anilines is 1. The summed E-state index contributed by atoms with van der Waals surface area (Å²) in [6.07, 6.45) is -6.13. The molecular weight excluding hydrogens is 596 g/mol. The van der Waals surface area contributed by atoms with E-state index in [-0.39, 0.29) is 15.7 Å². The van der Waals surface area contributed by atoms with Crippen molar-refractivity contribution in [2.75, 3.05) is 4.72 Å². The number of oxime groups is 1. The van der Waals surface area contributed by atoms with Crippen LogP contribution in [-0.4, -0.2) is 48.2 Å². The van der Waals surface area contributed by atoms with E-state index in [1.165, 1.54) is 37.3 Å². The smallest absolute Gasteiger partial charge is 0.475 e. The lowest BCUT2D eigenvalue weighted by Gasteiger charge is -2.24. The van der Waals surface area contributed by atoms with Crippen LogP contribution in [0.3, 0.4) is 0 Å². The highest BCUT2D eigenvalue weighted by Crippen LogP contribution is 2.24. The summed E-state index contributed by atoms with van der Waals surface area (Å²) in [6.45, 7) is 2.97. The van der Waals surface area contributed by atoms with Crippen molar-refractivity contribution in [1.29, 1.82) is 0 Å². The second kappa shape index (κ2) is 13.4. The average Bonchev–Trinajstić information content (AvgIpc) is 2.78. The number of aliphatic carboxylic acids is 1. The number of amides is 1. The minimum Gasteiger partial charge on any atom is -0.475 e. The van der Waals surface area contributed by atoms with Gasteiger partial charge in [-0.15, -0.1) is 0 Å². The summed E-state index contributed by atoms with van der Waals surface area (Å²) in [6, 6.07) is 5.75. The summed E-state index contributed by atoms with van der Waals surface area (Å²) in [5, 5.41) is 11.0. The predicted octanol–water partition coefficient (Wildman–Crippen LogP) is 1.66. The number of hydrogen-bond acceptors (Lipinski definition) is 7. The number of nitrogens with one attached hydrogen (secondary N) is 1. The number of halogens is 5. The fourth-order valence-corrected chi connectivity index (χ4v) is 4.39. The highest BCUT2D eigenvalue weighted by molar-refractivity contribution is 7.91. The number of primary amides is 1. The molecule has 0 fully saturated rings. The largest absolute Gasteiger partial charge is 0.490 e. The lowest BCUT2D eigenvalue weighted by Crippen LogP contribution is -2.42. The molecule has 2 atom stereocenters. The number of sulfonamides is 1. The molecule has 39 heavy (non-hydrogen) atoms. The van der Waals surface area contributed by atoms with Gasteiger partial charge in [-0.25, -0.2) is 13.2 Å². The molecule has 0 radical (unpaired) electrons. The van der Waals surface area contributed by atoms with Crippen LogP contribution in [0.4, 0.5) is 18.9 Å². The first-order valence-corrected chi connectivity index (χ1v) is 12.7. The first-order valence-electron chi connectivity index (χ1n) is 10.3. The number of aromatic nitrogens is 1. The van der Waals surface area contributed by atoms with Crippen LogP contribution in [0.5, 0.6) is 0 Å². The number of pyridine rings is 1. The Morgan fingerprint density at radius 1 is 1.15 bits per heavy atom. The van der Waals surface area contributed by atoms with Crippen LogP contribution in [0.15, 0.2) is 40.3 Å². The molecule has 0 saturated carbocycles. The Kier molecular flexibility index (Phi) is 11.4. The second-order valence-corrected chi connectivity index (χ2v) is 10.2. The average molecular weight is 619 g/mol. The summed E-state index contributed by atoms with van der Waals surface area (Å²) in [7, 11) is -4.02. The van der Waals surface area contributed by atoms with Crippen LogP contribution in [0.2, 0.25) is 10.0 Å². The number of hydrogen-bond donors (Lipinski definition) is 5. The quantitative estimate of drug-likeness (QED) is 0.156. The number of nitrogens with two attached hydrogens (primary N) is 3. The van der Waals surface area contributed by atoms with E-state index in [0.717, 1.165) is 4.57 Å². The van der Waals surface area contributed by atoms with Gasteiger partial charge in [-0.05, 0) is 48.8 Å². The van der Waals surface area contributed by atoms with Crippen LogP contribution in [0, 0.1) is 6.92 Å². The van der Waals surface area contributed by atoms with Crippen molar-refractivity contribution in [3.8, 4) is 0 Å². The zero-order chi connectivity index (χ0) is 30.3. The van der Waals surface area contributed by atoms with Crippen molar-refractivity contribution < 1.29 is 41.1 Å². The van der Waals surface area contributed by atoms with Gasteiger partial charge in [0.2, 0.25) is 21.9 Å². The van der Waals surface area contributed by atoms with Crippen molar-refractivity contribution in [1.82, 2.24) is 4.57 Å². The molecule has 13 nitrogen and oxygen atoms in total. The van der Waals surface area contributed by atoms with Crippen molar-refractivity contribution in [2.45, 2.75) is 37.9 Å². The van der Waals surface area contributed by atoms with Gasteiger partial charge in [-0.1, -0.05) is 29.3 Å². The van der Waals surface area contributed by atoms with Gasteiger partial charge >= 0.3 is 12.1 Å². The third kappa shape index (κ3) is 10.2. The molecule has 0 aliphatic rings. The number of rotatable bonds is 9. The third-order valence-electron chi connectivity index (χ3n) is 4.51. The highest BCUT2D eigenvalue weighted by atomic mass is 35.5. The normalized spacial score (nSPS) is 12.8. The molecule has 0 bridgehead atoms. The predicted molar refractivity (Wildman–Crippen MR) is 136 cm³/mol. The zero-order valence-corrected chi connectivity index (χ0v) is 22.4. The van der Waals surface area contributed by atoms with E-state index < -0.39 is 57.5 Å². The SMILES string of the molecule is Cc1ccc(NS(=O)(=O)Cc2ccc(Cl)c(Cl)c2)c(=O)n1C(C(N)=O)C(C)ON=C(N)N.O=C(O)C(F)(F)F. The van der Waals surface area contributed by atoms with Gasteiger partial charge < -0.3 is 27.1 Å². The fraction of sp³-hybridized carbons (Fsp3) is 0.300. The highest BCUT2D eigenvalue weighted by Gasteiger charge is 2.38. The number of carbonyl (C=O) groups is 2. The summed E-state index contributed by atoms with van der Waals surface area (Å²) in [5.41, 5.74) is 15.5. The molecule has 2 rings (SSSR count). The molecule has 0 aliphatic heterocycles. The summed E-state index contributed by atoms with van der Waals surface area (Å²) in [5.74, 6) is -4.54. The molecule has 2 aromatic rings. The molecule has 1 aromatic heterocycles. The second-order valence-electron chi connectivity index (χ2n) is 7.65.